The molecule has 1 aromatic carbocycles. The summed E-state index contributed by atoms with van der Waals surface area (Å²) < 4.78 is 5.15. The van der Waals surface area contributed by atoms with Crippen LogP contribution in [0.2, 0.25) is 0 Å². The van der Waals surface area contributed by atoms with Crippen molar-refractivity contribution in [2.24, 2.45) is 5.92 Å². The number of phenolic OH excluding ortho intramolecular Hbond substituents is 1. The van der Waals surface area contributed by atoms with E-state index in [1.54, 1.807) is 7.11 Å². The molecule has 0 aromatic heterocycles. The molecule has 0 radical (unpaired) electrons. The summed E-state index contributed by atoms with van der Waals surface area (Å²) in [5, 5.41) is 13.5. The molecule has 2 N–H and O–H groups in total. The summed E-state index contributed by atoms with van der Waals surface area (Å²) in [6.07, 6.45) is 3.96. The van der Waals surface area contributed by atoms with Crippen LogP contribution in [0.4, 0.5) is 0 Å². The molecule has 0 bridgehead atoms. The molecule has 4 heteroatoms. The second kappa shape index (κ2) is 6.02. The molecule has 3 rings (SSSR count). The molecular weight excluding hydrogens is 252 g/mol. The van der Waals surface area contributed by atoms with Gasteiger partial charge in [0, 0.05) is 32.2 Å². The van der Waals surface area contributed by atoms with Gasteiger partial charge in [0.15, 0.2) is 11.5 Å². The topological polar surface area (TPSA) is 44.7 Å². The lowest BCUT2D eigenvalue weighted by Crippen LogP contribution is -2.47. The maximum Gasteiger partial charge on any atom is 0.160 e. The molecule has 1 aliphatic carbocycles. The van der Waals surface area contributed by atoms with Crippen LogP contribution in [-0.2, 0) is 0 Å². The highest BCUT2D eigenvalue weighted by atomic mass is 16.5. The SMILES string of the molecule is COc1ccc([C@H](C2CCC2)N2CCNCC2)cc1O. The van der Waals surface area contributed by atoms with Gasteiger partial charge in [-0.15, -0.1) is 0 Å². The Labute approximate surface area is 120 Å². The number of nitrogens with zero attached hydrogens (tertiary/aromatic N) is 1. The van der Waals surface area contributed by atoms with Gasteiger partial charge in [0.25, 0.3) is 0 Å². The minimum atomic E-state index is 0.254. The molecule has 0 unspecified atom stereocenters. The highest BCUT2D eigenvalue weighted by molar-refractivity contribution is 5.43. The molecule has 1 aliphatic heterocycles. The molecule has 1 aromatic rings. The maximum absolute atomic E-state index is 10.1. The number of piperazine rings is 1. The van der Waals surface area contributed by atoms with Crippen molar-refractivity contribution in [3.05, 3.63) is 23.8 Å². The number of hydrogen-bond acceptors (Lipinski definition) is 4. The molecule has 0 amide bonds. The lowest BCUT2D eigenvalue weighted by molar-refractivity contribution is 0.0835. The Morgan fingerprint density at radius 2 is 2.05 bits per heavy atom. The summed E-state index contributed by atoms with van der Waals surface area (Å²) in [4.78, 5) is 2.57. The predicted molar refractivity (Wildman–Crippen MR) is 79.2 cm³/mol. The van der Waals surface area contributed by atoms with E-state index in [1.807, 2.05) is 12.1 Å². The van der Waals surface area contributed by atoms with Crippen LogP contribution in [-0.4, -0.2) is 43.3 Å². The van der Waals surface area contributed by atoms with E-state index < -0.39 is 0 Å². The van der Waals surface area contributed by atoms with Crippen molar-refractivity contribution in [2.45, 2.75) is 25.3 Å². The minimum Gasteiger partial charge on any atom is -0.504 e. The van der Waals surface area contributed by atoms with E-state index in [4.69, 9.17) is 4.74 Å². The first-order valence-corrected chi connectivity index (χ1v) is 7.61. The van der Waals surface area contributed by atoms with Crippen LogP contribution < -0.4 is 10.1 Å². The van der Waals surface area contributed by atoms with Gasteiger partial charge in [0.05, 0.1) is 7.11 Å². The van der Waals surface area contributed by atoms with E-state index in [0.717, 1.165) is 32.1 Å². The normalized spacial score (nSPS) is 22.2. The molecule has 110 valence electrons. The number of methoxy groups -OCH3 is 1. The van der Waals surface area contributed by atoms with Crippen molar-refractivity contribution >= 4 is 0 Å². The minimum absolute atomic E-state index is 0.254. The highest BCUT2D eigenvalue weighted by Crippen LogP contribution is 2.43. The fourth-order valence-electron chi connectivity index (χ4n) is 3.39. The molecule has 0 spiro atoms. The standard InChI is InChI=1S/C16H24N2O2/c1-20-15-6-5-13(11-14(15)19)16(12-3-2-4-12)18-9-7-17-8-10-18/h5-6,11-12,16-17,19H,2-4,7-10H2,1H3/t16-/m0/s1. The predicted octanol–water partition coefficient (Wildman–Crippen LogP) is 2.15. The van der Waals surface area contributed by atoms with Crippen molar-refractivity contribution in [3.63, 3.8) is 0 Å². The van der Waals surface area contributed by atoms with E-state index in [1.165, 1.54) is 24.8 Å². The summed E-state index contributed by atoms with van der Waals surface area (Å²) in [5.74, 6) is 1.55. The fraction of sp³-hybridized carbons (Fsp3) is 0.625. The lowest BCUT2D eigenvalue weighted by Gasteiger charge is -2.43. The molecule has 2 aliphatic rings. The van der Waals surface area contributed by atoms with E-state index in [2.05, 4.69) is 16.3 Å². The van der Waals surface area contributed by atoms with Crippen LogP contribution in [0.1, 0.15) is 30.9 Å². The van der Waals surface area contributed by atoms with E-state index in [-0.39, 0.29) is 5.75 Å². The highest BCUT2D eigenvalue weighted by Gasteiger charge is 2.33. The van der Waals surface area contributed by atoms with Crippen molar-refractivity contribution in [1.29, 1.82) is 0 Å². The number of rotatable bonds is 4. The Morgan fingerprint density at radius 1 is 1.30 bits per heavy atom. The fourth-order valence-corrected chi connectivity index (χ4v) is 3.39. The van der Waals surface area contributed by atoms with Gasteiger partial charge in [-0.25, -0.2) is 0 Å². The molecule has 1 heterocycles. The quantitative estimate of drug-likeness (QED) is 0.884. The Hall–Kier alpha value is -1.26. The Balaban J connectivity index is 1.85. The number of ether oxygens (including phenoxy) is 1. The van der Waals surface area contributed by atoms with Gasteiger partial charge in [-0.2, -0.15) is 0 Å². The van der Waals surface area contributed by atoms with Crippen molar-refractivity contribution < 1.29 is 9.84 Å². The third-order valence-corrected chi connectivity index (χ3v) is 4.69. The number of nitrogens with one attached hydrogen (secondary N) is 1. The summed E-state index contributed by atoms with van der Waals surface area (Å²) in [5.41, 5.74) is 1.23. The summed E-state index contributed by atoms with van der Waals surface area (Å²) in [7, 11) is 1.59. The average molecular weight is 276 g/mol. The Bertz CT molecular complexity index is 454. The van der Waals surface area contributed by atoms with Crippen LogP contribution in [0.25, 0.3) is 0 Å². The molecule has 2 fully saturated rings. The monoisotopic (exact) mass is 276 g/mol. The molecule has 1 saturated carbocycles. The molecule has 20 heavy (non-hydrogen) atoms. The zero-order chi connectivity index (χ0) is 13.9. The largest absolute Gasteiger partial charge is 0.504 e. The first-order chi connectivity index (χ1) is 9.79. The van der Waals surface area contributed by atoms with Gasteiger partial charge in [0.2, 0.25) is 0 Å². The van der Waals surface area contributed by atoms with Gasteiger partial charge < -0.3 is 15.2 Å². The third kappa shape index (κ3) is 2.63. The number of benzene rings is 1. The number of hydrogen-bond donors (Lipinski definition) is 2. The smallest absolute Gasteiger partial charge is 0.160 e. The van der Waals surface area contributed by atoms with Gasteiger partial charge in [0.1, 0.15) is 0 Å². The third-order valence-electron chi connectivity index (χ3n) is 4.69. The van der Waals surface area contributed by atoms with Crippen LogP contribution in [0, 0.1) is 5.92 Å². The second-order valence-electron chi connectivity index (χ2n) is 5.85. The van der Waals surface area contributed by atoms with Gasteiger partial charge in [-0.05, 0) is 36.5 Å². The summed E-state index contributed by atoms with van der Waals surface area (Å²) in [6.45, 7) is 4.30. The Morgan fingerprint density at radius 3 is 2.60 bits per heavy atom. The van der Waals surface area contributed by atoms with Gasteiger partial charge in [-0.1, -0.05) is 12.5 Å². The zero-order valence-electron chi connectivity index (χ0n) is 12.1. The summed E-state index contributed by atoms with van der Waals surface area (Å²) >= 11 is 0. The van der Waals surface area contributed by atoms with E-state index in [0.29, 0.717) is 11.8 Å². The van der Waals surface area contributed by atoms with Crippen LogP contribution in [0.15, 0.2) is 18.2 Å². The number of aromatic hydroxyl groups is 1. The van der Waals surface area contributed by atoms with Crippen molar-refractivity contribution in [2.75, 3.05) is 33.3 Å². The van der Waals surface area contributed by atoms with Crippen LogP contribution in [0.5, 0.6) is 11.5 Å². The van der Waals surface area contributed by atoms with Crippen molar-refractivity contribution in [3.8, 4) is 11.5 Å². The maximum atomic E-state index is 10.1. The Kier molecular flexibility index (Phi) is 4.13. The van der Waals surface area contributed by atoms with Crippen LogP contribution >= 0.6 is 0 Å². The molecule has 1 atom stereocenters. The zero-order valence-corrected chi connectivity index (χ0v) is 12.1. The first kappa shape index (κ1) is 13.7. The number of phenols is 1. The molecule has 1 saturated heterocycles. The van der Waals surface area contributed by atoms with Gasteiger partial charge >= 0.3 is 0 Å². The summed E-state index contributed by atoms with van der Waals surface area (Å²) in [6, 6.07) is 6.34. The second-order valence-corrected chi connectivity index (χ2v) is 5.85. The molecule has 4 nitrogen and oxygen atoms in total. The van der Waals surface area contributed by atoms with Crippen LogP contribution in [0.3, 0.4) is 0 Å². The lowest BCUT2D eigenvalue weighted by atomic mass is 9.76. The first-order valence-electron chi connectivity index (χ1n) is 7.61. The van der Waals surface area contributed by atoms with E-state index in [9.17, 15) is 5.11 Å². The van der Waals surface area contributed by atoms with Crippen molar-refractivity contribution in [1.82, 2.24) is 10.2 Å². The average Bonchev–Trinajstić information content (AvgIpc) is 2.43. The van der Waals surface area contributed by atoms with E-state index >= 15 is 0 Å². The molecular formula is C16H24N2O2. The van der Waals surface area contributed by atoms with Gasteiger partial charge in [-0.3, -0.25) is 4.90 Å².